The average Bonchev–Trinajstić information content (AvgIpc) is 3.42. The van der Waals surface area contributed by atoms with Gasteiger partial charge in [0.1, 0.15) is 11.6 Å². The number of aromatic amines is 1. The van der Waals surface area contributed by atoms with Crippen LogP contribution in [0.3, 0.4) is 0 Å². The van der Waals surface area contributed by atoms with E-state index in [2.05, 4.69) is 21.5 Å². The normalized spacial score (nSPS) is 15.5. The van der Waals surface area contributed by atoms with Gasteiger partial charge in [0.15, 0.2) is 5.16 Å². The van der Waals surface area contributed by atoms with Crippen LogP contribution in [0.25, 0.3) is 22.1 Å². The highest BCUT2D eigenvalue weighted by Gasteiger charge is 2.26. The topological polar surface area (TPSA) is 93.1 Å². The highest BCUT2D eigenvalue weighted by molar-refractivity contribution is 7.98. The van der Waals surface area contributed by atoms with E-state index in [1.54, 1.807) is 35.3 Å². The molecule has 0 amide bonds. The van der Waals surface area contributed by atoms with Gasteiger partial charge in [-0.2, -0.15) is 4.31 Å². The molecule has 8 nitrogen and oxygen atoms in total. The van der Waals surface area contributed by atoms with Crippen molar-refractivity contribution in [2.45, 2.75) is 48.5 Å². The molecule has 1 aliphatic heterocycles. The molecule has 1 N–H and O–H groups in total. The summed E-state index contributed by atoms with van der Waals surface area (Å²) in [6, 6.07) is 11.1. The van der Waals surface area contributed by atoms with Gasteiger partial charge in [-0.25, -0.2) is 18.4 Å². The quantitative estimate of drug-likeness (QED) is 0.390. The number of nitrogens with one attached hydrogen (secondary N) is 1. The van der Waals surface area contributed by atoms with Crippen LogP contribution >= 0.6 is 11.8 Å². The van der Waals surface area contributed by atoms with Gasteiger partial charge in [-0.05, 0) is 50.1 Å². The third kappa shape index (κ3) is 4.22. The summed E-state index contributed by atoms with van der Waals surface area (Å²) in [5.41, 5.74) is 3.46. The molecule has 0 radical (unpaired) electrons. The van der Waals surface area contributed by atoms with Crippen molar-refractivity contribution < 1.29 is 13.2 Å². The molecule has 0 saturated carbocycles. The summed E-state index contributed by atoms with van der Waals surface area (Å²) in [7, 11) is -1.84. The summed E-state index contributed by atoms with van der Waals surface area (Å²) in [4.78, 5) is 13.1. The van der Waals surface area contributed by atoms with E-state index in [0.717, 1.165) is 59.1 Å². The number of imidazole rings is 2. The molecule has 0 bridgehead atoms. The number of sulfonamides is 1. The number of aromatic nitrogens is 4. The number of thioether (sulfide) groups is 1. The van der Waals surface area contributed by atoms with Crippen molar-refractivity contribution in [3.8, 4) is 5.75 Å². The van der Waals surface area contributed by atoms with Gasteiger partial charge in [-0.3, -0.25) is 0 Å². The first-order valence-electron chi connectivity index (χ1n) is 11.2. The molecular weight excluding hydrogens is 458 g/mol. The fourth-order valence-corrected chi connectivity index (χ4v) is 6.70. The Hall–Kier alpha value is -2.56. The van der Waals surface area contributed by atoms with Crippen LogP contribution in [0.2, 0.25) is 0 Å². The van der Waals surface area contributed by atoms with Gasteiger partial charge in [0.25, 0.3) is 0 Å². The minimum atomic E-state index is -3.49. The second-order valence-corrected chi connectivity index (χ2v) is 11.0. The van der Waals surface area contributed by atoms with Crippen LogP contribution in [0.5, 0.6) is 5.75 Å². The Balaban J connectivity index is 1.41. The third-order valence-electron chi connectivity index (χ3n) is 6.07. The number of methoxy groups -OCH3 is 1. The minimum Gasteiger partial charge on any atom is -0.497 e. The van der Waals surface area contributed by atoms with Crippen molar-refractivity contribution in [2.75, 3.05) is 20.2 Å². The maximum absolute atomic E-state index is 13.1. The second-order valence-electron chi connectivity index (χ2n) is 8.10. The molecule has 10 heteroatoms. The number of nitrogens with zero attached hydrogens (tertiary/aromatic N) is 4. The Morgan fingerprint density at radius 1 is 1.06 bits per heavy atom. The van der Waals surface area contributed by atoms with Gasteiger partial charge in [-0.1, -0.05) is 18.2 Å². The van der Waals surface area contributed by atoms with E-state index >= 15 is 0 Å². The van der Waals surface area contributed by atoms with Crippen molar-refractivity contribution >= 4 is 43.9 Å². The largest absolute Gasteiger partial charge is 0.497 e. The van der Waals surface area contributed by atoms with E-state index in [4.69, 9.17) is 9.72 Å². The molecule has 0 unspecified atom stereocenters. The number of ether oxygens (including phenoxy) is 1. The van der Waals surface area contributed by atoms with E-state index in [0.29, 0.717) is 29.3 Å². The average molecular weight is 486 g/mol. The molecule has 0 aliphatic carbocycles. The summed E-state index contributed by atoms with van der Waals surface area (Å²) in [5.74, 6) is 2.29. The number of piperidine rings is 1. The first kappa shape index (κ1) is 22.2. The fourth-order valence-electron chi connectivity index (χ4n) is 4.33. The summed E-state index contributed by atoms with van der Waals surface area (Å²) in [6.07, 6.45) is 2.93. The molecule has 174 valence electrons. The molecule has 0 atom stereocenters. The monoisotopic (exact) mass is 485 g/mol. The highest BCUT2D eigenvalue weighted by atomic mass is 32.2. The molecule has 2 aromatic heterocycles. The van der Waals surface area contributed by atoms with Crippen LogP contribution in [-0.2, 0) is 22.3 Å². The predicted octanol–water partition coefficient (Wildman–Crippen LogP) is 4.41. The number of hydrogen-bond acceptors (Lipinski definition) is 6. The predicted molar refractivity (Wildman–Crippen MR) is 130 cm³/mol. The summed E-state index contributed by atoms with van der Waals surface area (Å²) in [5, 5.41) is 0.807. The third-order valence-corrected chi connectivity index (χ3v) is 8.84. The van der Waals surface area contributed by atoms with Crippen LogP contribution in [0.4, 0.5) is 0 Å². The number of fused-ring (bicyclic) bond motifs is 2. The highest BCUT2D eigenvalue weighted by Crippen LogP contribution is 2.29. The van der Waals surface area contributed by atoms with Crippen molar-refractivity contribution in [1.82, 2.24) is 23.8 Å². The van der Waals surface area contributed by atoms with E-state index < -0.39 is 10.0 Å². The molecule has 5 rings (SSSR count). The van der Waals surface area contributed by atoms with Crippen molar-refractivity contribution in [2.24, 2.45) is 0 Å². The number of rotatable bonds is 7. The fraction of sp³-hybridized carbons (Fsp3) is 0.391. The number of H-pyrrole nitrogens is 1. The van der Waals surface area contributed by atoms with Crippen LogP contribution in [0.15, 0.2) is 46.5 Å². The van der Waals surface area contributed by atoms with E-state index in [1.165, 1.54) is 0 Å². The van der Waals surface area contributed by atoms with Crippen molar-refractivity contribution in [1.29, 1.82) is 0 Å². The molecule has 3 heterocycles. The lowest BCUT2D eigenvalue weighted by Crippen LogP contribution is -2.35. The molecule has 0 spiro atoms. The number of aryl methyl sites for hydroxylation is 1. The SMILES string of the molecule is CCn1c(CSc2nc3ccc(OC)cc3[nH]2)nc2cc(S(=O)(=O)N3CCCCC3)ccc21. The number of benzene rings is 2. The Morgan fingerprint density at radius 3 is 2.64 bits per heavy atom. The Kier molecular flexibility index (Phi) is 6.07. The zero-order chi connectivity index (χ0) is 23.0. The van der Waals surface area contributed by atoms with Crippen molar-refractivity contribution in [3.05, 3.63) is 42.2 Å². The van der Waals surface area contributed by atoms with Gasteiger partial charge < -0.3 is 14.3 Å². The Bertz CT molecular complexity index is 1400. The molecule has 1 aliphatic rings. The molecule has 2 aromatic carbocycles. The first-order chi connectivity index (χ1) is 16.0. The van der Waals surface area contributed by atoms with Crippen molar-refractivity contribution in [3.63, 3.8) is 0 Å². The number of hydrogen-bond donors (Lipinski definition) is 1. The van der Waals surface area contributed by atoms with E-state index in [9.17, 15) is 8.42 Å². The molecule has 1 fully saturated rings. The smallest absolute Gasteiger partial charge is 0.243 e. The van der Waals surface area contributed by atoms with E-state index in [1.807, 2.05) is 24.3 Å². The summed E-state index contributed by atoms with van der Waals surface area (Å²) < 4.78 is 35.2. The maximum Gasteiger partial charge on any atom is 0.243 e. The maximum atomic E-state index is 13.1. The molecule has 4 aromatic rings. The van der Waals surface area contributed by atoms with Gasteiger partial charge in [-0.15, -0.1) is 0 Å². The lowest BCUT2D eigenvalue weighted by Gasteiger charge is -2.25. The van der Waals surface area contributed by atoms with Gasteiger partial charge in [0, 0.05) is 25.7 Å². The van der Waals surface area contributed by atoms with Crippen LogP contribution in [0.1, 0.15) is 32.0 Å². The molecule has 1 saturated heterocycles. The van der Waals surface area contributed by atoms with Gasteiger partial charge in [0.2, 0.25) is 10.0 Å². The standard InChI is InChI=1S/C23H27N5O3S2/c1-3-28-21-10-8-17(33(29,30)27-11-5-4-6-12-27)14-20(21)24-22(28)15-32-23-25-18-9-7-16(31-2)13-19(18)26-23/h7-10,13-14H,3-6,11-12,15H2,1-2H3,(H,25,26). The lowest BCUT2D eigenvalue weighted by molar-refractivity contribution is 0.346. The van der Waals surface area contributed by atoms with Crippen LogP contribution < -0.4 is 4.74 Å². The summed E-state index contributed by atoms with van der Waals surface area (Å²) >= 11 is 1.57. The van der Waals surface area contributed by atoms with E-state index in [-0.39, 0.29) is 0 Å². The Morgan fingerprint density at radius 2 is 1.88 bits per heavy atom. The van der Waals surface area contributed by atoms with Gasteiger partial charge in [0.05, 0.1) is 39.8 Å². The van der Waals surface area contributed by atoms with Crippen LogP contribution in [-0.4, -0.2) is 52.4 Å². The zero-order valence-corrected chi connectivity index (χ0v) is 20.4. The molecule has 33 heavy (non-hydrogen) atoms. The Labute approximate surface area is 197 Å². The lowest BCUT2D eigenvalue weighted by atomic mass is 10.2. The van der Waals surface area contributed by atoms with Crippen LogP contribution in [0, 0.1) is 0 Å². The zero-order valence-electron chi connectivity index (χ0n) is 18.7. The first-order valence-corrected chi connectivity index (χ1v) is 13.6. The minimum absolute atomic E-state index is 0.322. The second kappa shape index (κ2) is 9.00. The molecular formula is C23H27N5O3S2. The summed E-state index contributed by atoms with van der Waals surface area (Å²) in [6.45, 7) is 4.01. The van der Waals surface area contributed by atoms with Gasteiger partial charge >= 0.3 is 0 Å².